The van der Waals surface area contributed by atoms with Crippen LogP contribution in [0.25, 0.3) is 0 Å². The van der Waals surface area contributed by atoms with Crippen LogP contribution in [-0.4, -0.2) is 147 Å². The highest BCUT2D eigenvalue weighted by molar-refractivity contribution is 7.99. The minimum atomic E-state index is -2.10. The first kappa shape index (κ1) is 80.8. The lowest BCUT2D eigenvalue weighted by atomic mass is 9.95. The molecule has 22 heteroatoms. The van der Waals surface area contributed by atoms with Gasteiger partial charge >= 0.3 is 35.8 Å². The number of esters is 6. The van der Waals surface area contributed by atoms with Crippen LogP contribution in [0.4, 0.5) is 0 Å². The van der Waals surface area contributed by atoms with E-state index in [4.69, 9.17) is 71.1 Å². The van der Waals surface area contributed by atoms with E-state index in [2.05, 4.69) is 0 Å². The topological polar surface area (TPSA) is 241 Å². The van der Waals surface area contributed by atoms with E-state index in [1.54, 1.807) is 158 Å². The van der Waals surface area contributed by atoms with Crippen LogP contribution in [0.1, 0.15) is 84.4 Å². The van der Waals surface area contributed by atoms with Gasteiger partial charge < -0.3 is 71.1 Å². The summed E-state index contributed by atoms with van der Waals surface area (Å²) < 4.78 is 104. The van der Waals surface area contributed by atoms with Crippen LogP contribution in [0.3, 0.4) is 0 Å². The Hall–Kier alpha value is -11.8. The first-order valence-electron chi connectivity index (χ1n) is 38.1. The molecule has 0 saturated carbocycles. The summed E-state index contributed by atoms with van der Waals surface area (Å²) in [6, 6.07) is 95.5. The Kier molecular flexibility index (Phi) is 28.6. The van der Waals surface area contributed by atoms with Crippen molar-refractivity contribution in [1.82, 2.24) is 0 Å². The zero-order chi connectivity index (χ0) is 79.6. The fraction of sp³-hybridized carbons (Fsp3) is 0.234. The van der Waals surface area contributed by atoms with E-state index < -0.39 is 140 Å². The maximum atomic E-state index is 15.4. The largest absolute Gasteiger partial charge is 0.459 e. The number of hydrogen-bond acceptors (Lipinski definition) is 22. The Balaban J connectivity index is 0.926. The molecule has 0 amide bonds. The van der Waals surface area contributed by atoms with Gasteiger partial charge in [-0.1, -0.05) is 260 Å². The number of thioether (sulfide) groups is 1. The number of benzene rings is 11. The number of carbonyl (C=O) groups is 6. The third-order valence-corrected chi connectivity index (χ3v) is 20.5. The number of carbonyl (C=O) groups excluding carboxylic acids is 6. The first-order valence-corrected chi connectivity index (χ1v) is 39.0. The summed E-state index contributed by atoms with van der Waals surface area (Å²) in [7, 11) is 0. The normalized spacial score (nSPS) is 23.0. The van der Waals surface area contributed by atoms with E-state index in [0.717, 1.165) is 34.0 Å². The number of ether oxygens (including phenoxy) is 15. The second kappa shape index (κ2) is 41.0. The Morgan fingerprint density at radius 3 is 0.983 bits per heavy atom. The summed E-state index contributed by atoms with van der Waals surface area (Å²) in [4.78, 5) is 91.1. The van der Waals surface area contributed by atoms with Crippen LogP contribution < -0.4 is 0 Å². The molecule has 0 N–H and O–H groups in total. The molecule has 3 fully saturated rings. The van der Waals surface area contributed by atoms with Gasteiger partial charge in [-0.3, -0.25) is 0 Å². The van der Waals surface area contributed by atoms with E-state index >= 15 is 19.2 Å². The van der Waals surface area contributed by atoms with Crippen molar-refractivity contribution in [3.05, 3.63) is 389 Å². The maximum Gasteiger partial charge on any atom is 0.338 e. The minimum Gasteiger partial charge on any atom is -0.459 e. The van der Waals surface area contributed by atoms with Gasteiger partial charge in [0.2, 0.25) is 0 Å². The standard InChI is InChI=1S/C94H84O21S/c95-86(67-42-20-5-21-43-67)105-61-76-79(82(112-89(98)70-48-26-8-27-49-70)85(114-91(100)72-52-30-10-31-53-72)94(109-76)116-73-54-32-11-33-55-73)115-93-84(113-90(99)71-50-28-9-29-51-71)81(111-88(97)69-46-24-7-25-47-69)78(110-87(96)68-44-22-6-23-45-68)75(108-93)62-106-92-83(104-59-66-40-18-4-19-41-66)80(103-58-65-38-16-3-17-39-65)77(102-57-64-36-14-2-15-37-64)74(107-92)60-101-56-63-34-12-1-13-35-63/h1-55,74-85,92-94H,56-62H2/t74-,75-,76-,77-,78-,79-,80+,81+,82+,83-,84-,85-,92+,93-,94+/m1/s1. The van der Waals surface area contributed by atoms with Gasteiger partial charge in [-0.05, 0) is 107 Å². The molecule has 15 atom stereocenters. The second-order valence-electron chi connectivity index (χ2n) is 27.4. The highest BCUT2D eigenvalue weighted by Crippen LogP contribution is 2.42. The molecule has 592 valence electrons. The van der Waals surface area contributed by atoms with Crippen molar-refractivity contribution in [2.24, 2.45) is 0 Å². The van der Waals surface area contributed by atoms with Crippen molar-refractivity contribution in [3.8, 4) is 0 Å². The van der Waals surface area contributed by atoms with Crippen molar-refractivity contribution in [3.63, 3.8) is 0 Å². The minimum absolute atomic E-state index is 0.00564. The van der Waals surface area contributed by atoms with Gasteiger partial charge in [-0.2, -0.15) is 0 Å². The lowest BCUT2D eigenvalue weighted by Gasteiger charge is -2.49. The van der Waals surface area contributed by atoms with Crippen LogP contribution in [0.5, 0.6) is 0 Å². The average molecular weight is 1580 g/mol. The number of rotatable bonds is 33. The van der Waals surface area contributed by atoms with Crippen molar-refractivity contribution >= 4 is 47.6 Å². The molecular formula is C94H84O21S. The Morgan fingerprint density at radius 2 is 0.560 bits per heavy atom. The predicted octanol–water partition coefficient (Wildman–Crippen LogP) is 15.3. The Morgan fingerprint density at radius 1 is 0.250 bits per heavy atom. The predicted molar refractivity (Wildman–Crippen MR) is 425 cm³/mol. The van der Waals surface area contributed by atoms with Gasteiger partial charge in [0.1, 0.15) is 54.8 Å². The molecule has 0 spiro atoms. The van der Waals surface area contributed by atoms with E-state index in [-0.39, 0.29) is 66.4 Å². The van der Waals surface area contributed by atoms with Gasteiger partial charge in [0.15, 0.2) is 43.1 Å². The molecule has 3 saturated heterocycles. The molecule has 11 aromatic rings. The Bertz CT molecular complexity index is 4880. The van der Waals surface area contributed by atoms with Crippen molar-refractivity contribution in [1.29, 1.82) is 0 Å². The highest BCUT2D eigenvalue weighted by atomic mass is 32.2. The van der Waals surface area contributed by atoms with Crippen LogP contribution in [0.2, 0.25) is 0 Å². The molecule has 3 aliphatic heterocycles. The third kappa shape index (κ3) is 21.8. The van der Waals surface area contributed by atoms with Gasteiger partial charge in [0.05, 0.1) is 73.0 Å². The third-order valence-electron chi connectivity index (χ3n) is 19.4. The highest BCUT2D eigenvalue weighted by Gasteiger charge is 2.59. The van der Waals surface area contributed by atoms with Gasteiger partial charge in [-0.25, -0.2) is 28.8 Å². The average Bonchev–Trinajstić information content (AvgIpc) is 0.760. The molecule has 3 heterocycles. The molecule has 14 rings (SSSR count). The molecule has 21 nitrogen and oxygen atoms in total. The quantitative estimate of drug-likeness (QED) is 0.0274. The maximum absolute atomic E-state index is 15.4. The monoisotopic (exact) mass is 1580 g/mol. The summed E-state index contributed by atoms with van der Waals surface area (Å²) in [6.07, 6.45) is -22.2. The smallest absolute Gasteiger partial charge is 0.338 e. The van der Waals surface area contributed by atoms with Gasteiger partial charge in [0, 0.05) is 4.90 Å². The van der Waals surface area contributed by atoms with Crippen LogP contribution in [0, 0.1) is 0 Å². The van der Waals surface area contributed by atoms with Crippen molar-refractivity contribution in [2.45, 2.75) is 123 Å². The van der Waals surface area contributed by atoms with E-state index in [0.29, 0.717) is 4.90 Å². The number of hydrogen-bond donors (Lipinski definition) is 0. The summed E-state index contributed by atoms with van der Waals surface area (Å²) in [6.45, 7) is -1.10. The van der Waals surface area contributed by atoms with Gasteiger partial charge in [-0.15, -0.1) is 0 Å². The van der Waals surface area contributed by atoms with Crippen LogP contribution in [-0.2, 0) is 97.5 Å². The van der Waals surface area contributed by atoms with Crippen molar-refractivity contribution in [2.75, 3.05) is 19.8 Å². The summed E-state index contributed by atoms with van der Waals surface area (Å²) in [5.74, 6) is -5.54. The van der Waals surface area contributed by atoms with E-state index in [1.165, 1.54) is 48.5 Å². The second-order valence-corrected chi connectivity index (χ2v) is 28.6. The molecule has 0 radical (unpaired) electrons. The molecule has 116 heavy (non-hydrogen) atoms. The summed E-state index contributed by atoms with van der Waals surface area (Å²) in [5.41, 5.74) is 2.42. The fourth-order valence-electron chi connectivity index (χ4n) is 13.6. The first-order chi connectivity index (χ1) is 57.0. The fourth-order valence-corrected chi connectivity index (χ4v) is 14.7. The molecule has 0 bridgehead atoms. The SMILES string of the molecule is O=C(OC[C@H]1O[C@@H](Sc2ccccc2)[C@H](OC(=O)c2ccccc2)[C@@H](OC(=O)c2ccccc2)[C@@H]1O[C@H]1O[C@H](CO[C@H]2O[C@H](COCc3ccccc3)[C@@H](OCc3ccccc3)[C@H](OCc3ccccc3)[C@H]2OCc2ccccc2)[C@@H](OC(=O)c2ccccc2)[C@H](OC(=O)c2ccccc2)[C@H]1OC(=O)c1ccccc1)c1ccccc1. The molecule has 11 aromatic carbocycles. The van der Waals surface area contributed by atoms with E-state index in [9.17, 15) is 9.59 Å². The summed E-state index contributed by atoms with van der Waals surface area (Å²) >= 11 is 1.11. The summed E-state index contributed by atoms with van der Waals surface area (Å²) in [5, 5.41) is 0. The lowest BCUT2D eigenvalue weighted by molar-refractivity contribution is -0.354. The van der Waals surface area contributed by atoms with E-state index in [1.807, 2.05) is 127 Å². The zero-order valence-corrected chi connectivity index (χ0v) is 63.7. The molecule has 0 unspecified atom stereocenters. The molecule has 0 aromatic heterocycles. The van der Waals surface area contributed by atoms with Gasteiger partial charge in [0.25, 0.3) is 0 Å². The molecule has 0 aliphatic carbocycles. The van der Waals surface area contributed by atoms with Crippen LogP contribution >= 0.6 is 11.8 Å². The lowest BCUT2D eigenvalue weighted by Crippen LogP contribution is -2.67. The molecular weight excluding hydrogens is 1500 g/mol. The van der Waals surface area contributed by atoms with Crippen molar-refractivity contribution < 1.29 is 99.8 Å². The molecule has 3 aliphatic rings. The zero-order valence-electron chi connectivity index (χ0n) is 62.8. The Labute approximate surface area is 675 Å². The van der Waals surface area contributed by atoms with Crippen LogP contribution in [0.15, 0.2) is 339 Å².